The third-order valence-electron chi connectivity index (χ3n) is 8.01. The number of hydrogen-bond acceptors (Lipinski definition) is 3. The largest absolute Gasteiger partial charge is 0.367 e. The molecule has 0 aliphatic carbocycles. The molecule has 4 nitrogen and oxygen atoms in total. The van der Waals surface area contributed by atoms with Crippen LogP contribution in [0.2, 0.25) is 5.02 Å². The van der Waals surface area contributed by atoms with E-state index in [4.69, 9.17) is 16.7 Å². The minimum absolute atomic E-state index is 0.0679. The van der Waals surface area contributed by atoms with E-state index in [-0.39, 0.29) is 11.9 Å². The fourth-order valence-corrected chi connectivity index (χ4v) is 6.83. The Morgan fingerprint density at radius 1 is 1.09 bits per heavy atom. The van der Waals surface area contributed by atoms with E-state index in [0.29, 0.717) is 17.4 Å². The van der Waals surface area contributed by atoms with Crippen molar-refractivity contribution in [2.45, 2.75) is 38.6 Å². The molecule has 3 heterocycles. The van der Waals surface area contributed by atoms with Gasteiger partial charge in [-0.1, -0.05) is 57.9 Å². The molecule has 3 aromatic carbocycles. The van der Waals surface area contributed by atoms with E-state index in [0.717, 1.165) is 41.7 Å². The SMILES string of the molecule is CC1=NN(c2ccc(Cl)cc2)C(=O)[C@]12Cc1cc(Br)ccc1N1CC[C@H](Cc3ccccc3)C[C@@H]12. The van der Waals surface area contributed by atoms with E-state index in [1.54, 1.807) is 5.01 Å². The Morgan fingerprint density at radius 3 is 2.63 bits per heavy atom. The summed E-state index contributed by atoms with van der Waals surface area (Å²) in [6.45, 7) is 2.98. The molecule has 1 fully saturated rings. The van der Waals surface area contributed by atoms with Gasteiger partial charge < -0.3 is 4.90 Å². The van der Waals surface area contributed by atoms with Gasteiger partial charge in [-0.2, -0.15) is 10.1 Å². The molecule has 0 aromatic heterocycles. The van der Waals surface area contributed by atoms with Gasteiger partial charge >= 0.3 is 0 Å². The highest BCUT2D eigenvalue weighted by Crippen LogP contribution is 2.51. The van der Waals surface area contributed by atoms with Crippen LogP contribution in [0.3, 0.4) is 0 Å². The van der Waals surface area contributed by atoms with Crippen LogP contribution in [0.5, 0.6) is 0 Å². The lowest BCUT2D eigenvalue weighted by Crippen LogP contribution is -2.62. The van der Waals surface area contributed by atoms with E-state index >= 15 is 0 Å². The second-order valence-electron chi connectivity index (χ2n) is 9.99. The fourth-order valence-electron chi connectivity index (χ4n) is 6.29. The van der Waals surface area contributed by atoms with Gasteiger partial charge in [-0.25, -0.2) is 0 Å². The Morgan fingerprint density at radius 2 is 1.86 bits per heavy atom. The van der Waals surface area contributed by atoms with Gasteiger partial charge in [0.2, 0.25) is 0 Å². The normalized spacial score (nSPS) is 25.5. The predicted molar refractivity (Wildman–Crippen MR) is 146 cm³/mol. The molecule has 0 radical (unpaired) electrons. The standard InChI is InChI=1S/C29H27BrClN3O/c1-19-29(28(35)34(32-19)25-10-8-24(31)9-11-25)18-22-17-23(30)7-12-26(22)33-14-13-21(16-27(29)33)15-20-5-3-2-4-6-20/h2-12,17,21,27H,13-16,18H2,1H3/t21-,27-,29-/m1/s1. The monoisotopic (exact) mass is 547 g/mol. The maximum absolute atomic E-state index is 14.3. The quantitative estimate of drug-likeness (QED) is 0.357. The zero-order valence-electron chi connectivity index (χ0n) is 19.6. The molecule has 0 bridgehead atoms. The minimum atomic E-state index is -0.678. The first-order valence-electron chi connectivity index (χ1n) is 12.2. The molecule has 35 heavy (non-hydrogen) atoms. The Bertz CT molecular complexity index is 1310. The van der Waals surface area contributed by atoms with Gasteiger partial charge in [0.25, 0.3) is 5.91 Å². The Kier molecular flexibility index (Phi) is 5.73. The first-order chi connectivity index (χ1) is 17.0. The summed E-state index contributed by atoms with van der Waals surface area (Å²) in [5.41, 5.74) is 4.82. The number of halogens is 2. The summed E-state index contributed by atoms with van der Waals surface area (Å²) in [7, 11) is 0. The van der Waals surface area contributed by atoms with Crippen LogP contribution in [0.15, 0.2) is 82.4 Å². The first kappa shape index (κ1) is 22.8. The number of carbonyl (C=O) groups excluding carboxylic acids is 1. The number of nitrogens with zero attached hydrogens (tertiary/aromatic N) is 3. The number of anilines is 2. The summed E-state index contributed by atoms with van der Waals surface area (Å²) < 4.78 is 1.04. The second kappa shape index (κ2) is 8.79. The van der Waals surface area contributed by atoms with Crippen molar-refractivity contribution in [3.8, 4) is 0 Å². The number of piperidine rings is 1. The molecular formula is C29H27BrClN3O. The number of rotatable bonds is 3. The second-order valence-corrected chi connectivity index (χ2v) is 11.3. The van der Waals surface area contributed by atoms with Gasteiger partial charge in [0, 0.05) is 27.8 Å². The van der Waals surface area contributed by atoms with E-state index in [1.807, 2.05) is 31.2 Å². The van der Waals surface area contributed by atoms with E-state index in [2.05, 4.69) is 69.4 Å². The Hall–Kier alpha value is -2.63. The van der Waals surface area contributed by atoms with Crippen LogP contribution < -0.4 is 9.91 Å². The third kappa shape index (κ3) is 3.80. The topological polar surface area (TPSA) is 35.9 Å². The highest BCUT2D eigenvalue weighted by atomic mass is 79.9. The number of benzene rings is 3. The minimum Gasteiger partial charge on any atom is -0.367 e. The molecule has 0 N–H and O–H groups in total. The average molecular weight is 549 g/mol. The van der Waals surface area contributed by atoms with Crippen LogP contribution in [-0.4, -0.2) is 24.2 Å². The van der Waals surface area contributed by atoms with Gasteiger partial charge in [0.15, 0.2) is 0 Å². The summed E-state index contributed by atoms with van der Waals surface area (Å²) in [6, 6.07) is 24.7. The molecular weight excluding hydrogens is 522 g/mol. The van der Waals surface area contributed by atoms with Crippen molar-refractivity contribution in [2.24, 2.45) is 16.4 Å². The van der Waals surface area contributed by atoms with Crippen molar-refractivity contribution in [3.05, 3.63) is 93.4 Å². The molecule has 1 saturated heterocycles. The molecule has 1 amide bonds. The molecule has 3 aliphatic rings. The van der Waals surface area contributed by atoms with Crippen molar-refractivity contribution < 1.29 is 4.79 Å². The lowest BCUT2D eigenvalue weighted by Gasteiger charge is -2.52. The molecule has 178 valence electrons. The lowest BCUT2D eigenvalue weighted by molar-refractivity contribution is -0.125. The average Bonchev–Trinajstić information content (AvgIpc) is 3.10. The summed E-state index contributed by atoms with van der Waals surface area (Å²) in [5.74, 6) is 0.594. The summed E-state index contributed by atoms with van der Waals surface area (Å²) in [4.78, 5) is 16.8. The lowest BCUT2D eigenvalue weighted by atomic mass is 9.64. The zero-order chi connectivity index (χ0) is 24.2. The van der Waals surface area contributed by atoms with Crippen molar-refractivity contribution in [1.82, 2.24) is 0 Å². The number of amides is 1. The molecule has 0 saturated carbocycles. The van der Waals surface area contributed by atoms with Crippen molar-refractivity contribution in [1.29, 1.82) is 0 Å². The smallest absolute Gasteiger partial charge is 0.261 e. The molecule has 3 atom stereocenters. The molecule has 6 rings (SSSR count). The van der Waals surface area contributed by atoms with Crippen molar-refractivity contribution >= 4 is 50.5 Å². The van der Waals surface area contributed by atoms with Crippen LogP contribution in [0.1, 0.15) is 30.9 Å². The summed E-state index contributed by atoms with van der Waals surface area (Å²) >= 11 is 9.77. The number of carbonyl (C=O) groups is 1. The highest BCUT2D eigenvalue weighted by molar-refractivity contribution is 9.10. The van der Waals surface area contributed by atoms with Gasteiger partial charge in [0.1, 0.15) is 5.41 Å². The first-order valence-corrected chi connectivity index (χ1v) is 13.4. The van der Waals surface area contributed by atoms with Crippen LogP contribution >= 0.6 is 27.5 Å². The van der Waals surface area contributed by atoms with Crippen LogP contribution in [0.4, 0.5) is 11.4 Å². The molecule has 1 spiro atoms. The number of hydrazone groups is 1. The molecule has 0 unspecified atom stereocenters. The van der Waals surface area contributed by atoms with Crippen LogP contribution in [0, 0.1) is 11.3 Å². The van der Waals surface area contributed by atoms with Crippen LogP contribution in [-0.2, 0) is 17.6 Å². The molecule has 3 aliphatic heterocycles. The van der Waals surface area contributed by atoms with Gasteiger partial charge in [-0.05, 0) is 92.1 Å². The third-order valence-corrected chi connectivity index (χ3v) is 8.75. The van der Waals surface area contributed by atoms with Gasteiger partial charge in [-0.15, -0.1) is 0 Å². The van der Waals surface area contributed by atoms with Crippen molar-refractivity contribution in [2.75, 3.05) is 16.5 Å². The fraction of sp³-hybridized carbons (Fsp3) is 0.310. The number of hydrogen-bond donors (Lipinski definition) is 0. The van der Waals surface area contributed by atoms with Crippen molar-refractivity contribution in [3.63, 3.8) is 0 Å². The zero-order valence-corrected chi connectivity index (χ0v) is 22.0. The van der Waals surface area contributed by atoms with Gasteiger partial charge in [0.05, 0.1) is 11.4 Å². The molecule has 3 aromatic rings. The predicted octanol–water partition coefficient (Wildman–Crippen LogP) is 6.90. The number of fused-ring (bicyclic) bond motifs is 4. The highest BCUT2D eigenvalue weighted by Gasteiger charge is 2.59. The maximum Gasteiger partial charge on any atom is 0.261 e. The van der Waals surface area contributed by atoms with Crippen LogP contribution in [0.25, 0.3) is 0 Å². The Balaban J connectivity index is 1.41. The van der Waals surface area contributed by atoms with E-state index < -0.39 is 5.41 Å². The van der Waals surface area contributed by atoms with E-state index in [1.165, 1.54) is 16.8 Å². The molecule has 6 heteroatoms. The Labute approximate surface area is 219 Å². The van der Waals surface area contributed by atoms with E-state index in [9.17, 15) is 4.79 Å². The summed E-state index contributed by atoms with van der Waals surface area (Å²) in [5, 5.41) is 7.11. The van der Waals surface area contributed by atoms with Gasteiger partial charge in [-0.3, -0.25) is 4.79 Å². The summed E-state index contributed by atoms with van der Waals surface area (Å²) in [6.07, 6.45) is 3.79. The maximum atomic E-state index is 14.3.